The SMILES string of the molecule is COC(=O)c1cc[c]cc1C(=O)O. The Kier molecular flexibility index (Phi) is 2.64. The summed E-state index contributed by atoms with van der Waals surface area (Å²) in [5, 5.41) is 8.68. The highest BCUT2D eigenvalue weighted by atomic mass is 16.5. The van der Waals surface area contributed by atoms with E-state index in [-0.39, 0.29) is 11.1 Å². The number of carbonyl (C=O) groups excluding carboxylic acids is 1. The minimum absolute atomic E-state index is 0.0359. The first kappa shape index (κ1) is 9.25. The van der Waals surface area contributed by atoms with Crippen LogP contribution in [0.5, 0.6) is 0 Å². The van der Waals surface area contributed by atoms with Crippen LogP contribution < -0.4 is 0 Å². The second-order valence-corrected chi connectivity index (χ2v) is 2.27. The Bertz CT molecular complexity index is 343. The standard InChI is InChI=1S/C9H7O4/c1-13-9(12)7-5-3-2-4-6(7)8(10)11/h3-5H,1H3,(H,10,11). The molecule has 0 aliphatic carbocycles. The molecule has 0 spiro atoms. The van der Waals surface area contributed by atoms with Gasteiger partial charge in [-0.1, -0.05) is 6.07 Å². The molecule has 0 saturated carbocycles. The number of carbonyl (C=O) groups is 2. The molecule has 0 saturated heterocycles. The van der Waals surface area contributed by atoms with E-state index in [0.717, 1.165) is 0 Å². The van der Waals surface area contributed by atoms with Gasteiger partial charge < -0.3 is 9.84 Å². The topological polar surface area (TPSA) is 63.6 Å². The zero-order valence-corrected chi connectivity index (χ0v) is 6.90. The number of carboxylic acids is 1. The molecule has 4 heteroatoms. The number of hydrogen-bond donors (Lipinski definition) is 1. The summed E-state index contributed by atoms with van der Waals surface area (Å²) < 4.78 is 4.41. The van der Waals surface area contributed by atoms with E-state index in [1.807, 2.05) is 0 Å². The quantitative estimate of drug-likeness (QED) is 0.687. The maximum atomic E-state index is 11.0. The van der Waals surface area contributed by atoms with Gasteiger partial charge in [0.2, 0.25) is 0 Å². The van der Waals surface area contributed by atoms with Crippen molar-refractivity contribution in [3.63, 3.8) is 0 Å². The highest BCUT2D eigenvalue weighted by molar-refractivity contribution is 6.02. The Balaban J connectivity index is 3.19. The van der Waals surface area contributed by atoms with Gasteiger partial charge in [0.1, 0.15) is 0 Å². The van der Waals surface area contributed by atoms with Crippen molar-refractivity contribution < 1.29 is 19.4 Å². The first-order valence-corrected chi connectivity index (χ1v) is 3.48. The molecule has 0 atom stereocenters. The highest BCUT2D eigenvalue weighted by Gasteiger charge is 2.15. The van der Waals surface area contributed by atoms with Crippen molar-refractivity contribution in [2.45, 2.75) is 0 Å². The monoisotopic (exact) mass is 179 g/mol. The molecule has 0 aliphatic rings. The van der Waals surface area contributed by atoms with Gasteiger partial charge in [-0.05, 0) is 18.2 Å². The second-order valence-electron chi connectivity index (χ2n) is 2.27. The third kappa shape index (κ3) is 1.84. The van der Waals surface area contributed by atoms with Crippen LogP contribution in [0.2, 0.25) is 0 Å². The number of carboxylic acid groups (broad SMARTS) is 1. The van der Waals surface area contributed by atoms with Crippen LogP contribution in [0.4, 0.5) is 0 Å². The minimum Gasteiger partial charge on any atom is -0.478 e. The van der Waals surface area contributed by atoms with Crippen LogP contribution in [0.1, 0.15) is 20.7 Å². The number of esters is 1. The maximum absolute atomic E-state index is 11.0. The Morgan fingerprint density at radius 1 is 1.46 bits per heavy atom. The van der Waals surface area contributed by atoms with Gasteiger partial charge in [-0.3, -0.25) is 0 Å². The van der Waals surface area contributed by atoms with Gasteiger partial charge in [0.05, 0.1) is 18.2 Å². The van der Waals surface area contributed by atoms with Crippen LogP contribution in [-0.2, 0) is 4.74 Å². The summed E-state index contributed by atoms with van der Waals surface area (Å²) in [6.07, 6.45) is 0. The van der Waals surface area contributed by atoms with E-state index in [1.54, 1.807) is 0 Å². The van der Waals surface area contributed by atoms with Crippen LogP contribution >= 0.6 is 0 Å². The van der Waals surface area contributed by atoms with Crippen molar-refractivity contribution in [1.29, 1.82) is 0 Å². The van der Waals surface area contributed by atoms with E-state index in [0.29, 0.717) is 0 Å². The lowest BCUT2D eigenvalue weighted by molar-refractivity contribution is 0.0582. The van der Waals surface area contributed by atoms with E-state index in [4.69, 9.17) is 5.11 Å². The van der Waals surface area contributed by atoms with Crippen LogP contribution in [-0.4, -0.2) is 24.2 Å². The number of hydrogen-bond acceptors (Lipinski definition) is 3. The summed E-state index contributed by atoms with van der Waals surface area (Å²) in [6.45, 7) is 0. The number of methoxy groups -OCH3 is 1. The van der Waals surface area contributed by atoms with E-state index in [2.05, 4.69) is 10.8 Å². The van der Waals surface area contributed by atoms with Gasteiger partial charge >= 0.3 is 11.9 Å². The molecule has 0 aromatic heterocycles. The molecule has 67 valence electrons. The lowest BCUT2D eigenvalue weighted by Crippen LogP contribution is -2.09. The van der Waals surface area contributed by atoms with E-state index >= 15 is 0 Å². The second kappa shape index (κ2) is 3.71. The molecule has 4 nitrogen and oxygen atoms in total. The van der Waals surface area contributed by atoms with Gasteiger partial charge in [0, 0.05) is 0 Å². The maximum Gasteiger partial charge on any atom is 0.338 e. The minimum atomic E-state index is -1.17. The first-order chi connectivity index (χ1) is 6.16. The van der Waals surface area contributed by atoms with E-state index in [1.165, 1.54) is 25.3 Å². The number of benzene rings is 1. The predicted octanol–water partition coefficient (Wildman–Crippen LogP) is 0.972. The third-order valence-electron chi connectivity index (χ3n) is 1.50. The summed E-state index contributed by atoms with van der Waals surface area (Å²) in [5.74, 6) is -1.83. The van der Waals surface area contributed by atoms with Crippen molar-refractivity contribution in [3.05, 3.63) is 35.4 Å². The largest absolute Gasteiger partial charge is 0.478 e. The van der Waals surface area contributed by atoms with E-state index in [9.17, 15) is 9.59 Å². The smallest absolute Gasteiger partial charge is 0.338 e. The van der Waals surface area contributed by atoms with Gasteiger partial charge in [0.15, 0.2) is 0 Å². The Hall–Kier alpha value is -1.84. The number of aromatic carboxylic acids is 1. The molecule has 1 rings (SSSR count). The molecule has 0 aliphatic heterocycles. The van der Waals surface area contributed by atoms with Gasteiger partial charge in [-0.2, -0.15) is 0 Å². The number of ether oxygens (including phenoxy) is 1. The van der Waals surface area contributed by atoms with Crippen LogP contribution in [0.25, 0.3) is 0 Å². The molecule has 1 aromatic carbocycles. The molecule has 0 heterocycles. The molecule has 1 N–H and O–H groups in total. The summed E-state index contributed by atoms with van der Waals surface area (Å²) in [6, 6.07) is 6.62. The highest BCUT2D eigenvalue weighted by Crippen LogP contribution is 2.09. The van der Waals surface area contributed by atoms with Crippen molar-refractivity contribution >= 4 is 11.9 Å². The third-order valence-corrected chi connectivity index (χ3v) is 1.50. The molecular formula is C9H7O4. The van der Waals surface area contributed by atoms with Gasteiger partial charge in [-0.15, -0.1) is 0 Å². The van der Waals surface area contributed by atoms with Crippen LogP contribution in [0.3, 0.4) is 0 Å². The molecule has 1 radical (unpaired) electrons. The zero-order chi connectivity index (χ0) is 9.84. The fourth-order valence-corrected chi connectivity index (χ4v) is 0.895. The molecule has 13 heavy (non-hydrogen) atoms. The molecule has 1 aromatic rings. The fourth-order valence-electron chi connectivity index (χ4n) is 0.895. The first-order valence-electron chi connectivity index (χ1n) is 3.48. The number of rotatable bonds is 2. The van der Waals surface area contributed by atoms with Crippen molar-refractivity contribution in [1.82, 2.24) is 0 Å². The predicted molar refractivity (Wildman–Crippen MR) is 43.6 cm³/mol. The Morgan fingerprint density at radius 2 is 2.15 bits per heavy atom. The Morgan fingerprint density at radius 3 is 2.69 bits per heavy atom. The molecule has 0 amide bonds. The summed E-state index contributed by atoms with van der Waals surface area (Å²) >= 11 is 0. The molecule has 0 unspecified atom stereocenters. The lowest BCUT2D eigenvalue weighted by Gasteiger charge is -2.01. The normalized spacial score (nSPS) is 9.31. The summed E-state index contributed by atoms with van der Waals surface area (Å²) in [4.78, 5) is 21.7. The average Bonchev–Trinajstić information content (AvgIpc) is 2.16. The Labute approximate surface area is 74.8 Å². The van der Waals surface area contributed by atoms with Crippen molar-refractivity contribution in [2.24, 2.45) is 0 Å². The van der Waals surface area contributed by atoms with Crippen LogP contribution in [0.15, 0.2) is 18.2 Å². The summed E-state index contributed by atoms with van der Waals surface area (Å²) in [7, 11) is 1.20. The van der Waals surface area contributed by atoms with Crippen molar-refractivity contribution in [3.8, 4) is 0 Å². The molecule has 0 fully saturated rings. The molecule has 0 bridgehead atoms. The zero-order valence-electron chi connectivity index (χ0n) is 6.90. The van der Waals surface area contributed by atoms with E-state index < -0.39 is 11.9 Å². The van der Waals surface area contributed by atoms with Gasteiger partial charge in [-0.25, -0.2) is 9.59 Å². The fraction of sp³-hybridized carbons (Fsp3) is 0.111. The van der Waals surface area contributed by atoms with Crippen molar-refractivity contribution in [2.75, 3.05) is 7.11 Å². The molecular weight excluding hydrogens is 172 g/mol. The average molecular weight is 179 g/mol. The lowest BCUT2D eigenvalue weighted by atomic mass is 10.1. The summed E-state index contributed by atoms with van der Waals surface area (Å²) in [5.41, 5.74) is -0.0666. The van der Waals surface area contributed by atoms with Gasteiger partial charge in [0.25, 0.3) is 0 Å². The van der Waals surface area contributed by atoms with Crippen LogP contribution in [0, 0.1) is 6.07 Å².